The van der Waals surface area contributed by atoms with E-state index in [0.717, 1.165) is 10.0 Å². The van der Waals surface area contributed by atoms with E-state index in [1.54, 1.807) is 4.90 Å². The number of benzene rings is 2. The van der Waals surface area contributed by atoms with Crippen LogP contribution in [0.5, 0.6) is 5.75 Å². The number of carbonyl (C=O) groups is 2. The molecule has 0 aromatic heterocycles. The SMILES string of the molecule is CC[C@@H](C(=O)NC(C)C)N(CCc1ccccc1)C(=O)COc1ccc(C(C)(C)C)cc1Br. The highest BCUT2D eigenvalue weighted by molar-refractivity contribution is 9.10. The number of hydrogen-bond donors (Lipinski definition) is 1. The second-order valence-electron chi connectivity index (χ2n) is 9.59. The second kappa shape index (κ2) is 12.2. The summed E-state index contributed by atoms with van der Waals surface area (Å²) in [5.41, 5.74) is 2.31. The quantitative estimate of drug-likeness (QED) is 0.453. The Morgan fingerprint density at radius 1 is 1.09 bits per heavy atom. The molecule has 0 saturated heterocycles. The van der Waals surface area contributed by atoms with Crippen LogP contribution in [0.15, 0.2) is 53.0 Å². The fraction of sp³-hybridized carbons (Fsp3) is 0.481. The van der Waals surface area contributed by atoms with Gasteiger partial charge in [-0.2, -0.15) is 0 Å². The van der Waals surface area contributed by atoms with Gasteiger partial charge >= 0.3 is 0 Å². The minimum Gasteiger partial charge on any atom is -0.483 e. The van der Waals surface area contributed by atoms with Crippen LogP contribution in [0.2, 0.25) is 0 Å². The van der Waals surface area contributed by atoms with Crippen molar-refractivity contribution in [2.24, 2.45) is 0 Å². The van der Waals surface area contributed by atoms with E-state index in [1.165, 1.54) is 5.56 Å². The second-order valence-corrected chi connectivity index (χ2v) is 10.4. The highest BCUT2D eigenvalue weighted by Gasteiger charge is 2.29. The van der Waals surface area contributed by atoms with Gasteiger partial charge in [0.05, 0.1) is 4.47 Å². The van der Waals surface area contributed by atoms with E-state index >= 15 is 0 Å². The third-order valence-electron chi connectivity index (χ3n) is 5.45. The van der Waals surface area contributed by atoms with E-state index in [0.29, 0.717) is 25.1 Å². The van der Waals surface area contributed by atoms with Crippen molar-refractivity contribution in [1.29, 1.82) is 0 Å². The molecule has 1 N–H and O–H groups in total. The van der Waals surface area contributed by atoms with Crippen molar-refractivity contribution in [3.05, 3.63) is 64.1 Å². The molecule has 6 heteroatoms. The van der Waals surface area contributed by atoms with E-state index < -0.39 is 6.04 Å². The molecule has 0 bridgehead atoms. The van der Waals surface area contributed by atoms with Gasteiger partial charge in [0, 0.05) is 12.6 Å². The molecule has 2 aromatic rings. The van der Waals surface area contributed by atoms with Gasteiger partial charge in [-0.3, -0.25) is 9.59 Å². The van der Waals surface area contributed by atoms with E-state index in [1.807, 2.05) is 69.3 Å². The van der Waals surface area contributed by atoms with E-state index in [4.69, 9.17) is 4.74 Å². The minimum absolute atomic E-state index is 0.00571. The molecule has 5 nitrogen and oxygen atoms in total. The standard InChI is InChI=1S/C27H37BrN2O3/c1-7-23(26(32)29-19(2)3)30(16-15-20-11-9-8-10-12-20)25(31)18-33-24-14-13-21(17-22(24)28)27(4,5)6/h8-14,17,19,23H,7,15-16,18H2,1-6H3,(H,29,32)/t23-/m0/s1. The number of ether oxygens (including phenoxy) is 1. The summed E-state index contributed by atoms with van der Waals surface area (Å²) in [7, 11) is 0. The Bertz CT molecular complexity index is 923. The number of halogens is 1. The highest BCUT2D eigenvalue weighted by Crippen LogP contribution is 2.31. The third kappa shape index (κ3) is 8.18. The van der Waals surface area contributed by atoms with Crippen molar-refractivity contribution < 1.29 is 14.3 Å². The largest absolute Gasteiger partial charge is 0.483 e. The molecular weight excluding hydrogens is 480 g/mol. The molecule has 2 rings (SSSR count). The van der Waals surface area contributed by atoms with E-state index in [9.17, 15) is 9.59 Å². The molecule has 0 radical (unpaired) electrons. The molecule has 0 aliphatic heterocycles. The molecular formula is C27H37BrN2O3. The van der Waals surface area contributed by atoms with Crippen molar-refractivity contribution in [2.75, 3.05) is 13.2 Å². The van der Waals surface area contributed by atoms with Gasteiger partial charge in [-0.25, -0.2) is 0 Å². The van der Waals surface area contributed by atoms with Gasteiger partial charge in [0.2, 0.25) is 5.91 Å². The summed E-state index contributed by atoms with van der Waals surface area (Å²) in [6.45, 7) is 12.5. The van der Waals surface area contributed by atoms with E-state index in [2.05, 4.69) is 42.0 Å². The molecule has 0 saturated carbocycles. The molecule has 0 unspecified atom stereocenters. The van der Waals surface area contributed by atoms with E-state index in [-0.39, 0.29) is 29.9 Å². The van der Waals surface area contributed by atoms with Gasteiger partial charge < -0.3 is 15.0 Å². The Kier molecular flexibility index (Phi) is 9.96. The summed E-state index contributed by atoms with van der Waals surface area (Å²) < 4.78 is 6.69. The Balaban J connectivity index is 2.17. The Hall–Kier alpha value is -2.34. The molecule has 0 aliphatic rings. The van der Waals surface area contributed by atoms with Crippen LogP contribution in [0.25, 0.3) is 0 Å². The number of rotatable bonds is 10. The van der Waals surface area contributed by atoms with Crippen LogP contribution >= 0.6 is 15.9 Å². The highest BCUT2D eigenvalue weighted by atomic mass is 79.9. The first-order valence-electron chi connectivity index (χ1n) is 11.6. The van der Waals surface area contributed by atoms with Crippen molar-refractivity contribution >= 4 is 27.7 Å². The molecule has 2 amide bonds. The lowest BCUT2D eigenvalue weighted by Crippen LogP contribution is -2.52. The lowest BCUT2D eigenvalue weighted by molar-refractivity contribution is -0.142. The van der Waals surface area contributed by atoms with Crippen molar-refractivity contribution in [3.63, 3.8) is 0 Å². The lowest BCUT2D eigenvalue weighted by Gasteiger charge is -2.31. The number of amides is 2. The molecule has 1 atom stereocenters. The number of hydrogen-bond acceptors (Lipinski definition) is 3. The minimum atomic E-state index is -0.543. The lowest BCUT2D eigenvalue weighted by atomic mass is 9.87. The zero-order valence-electron chi connectivity index (χ0n) is 20.7. The summed E-state index contributed by atoms with van der Waals surface area (Å²) in [6, 6.07) is 15.4. The van der Waals surface area contributed by atoms with Gasteiger partial charge in [0.1, 0.15) is 11.8 Å². The average Bonchev–Trinajstić information content (AvgIpc) is 2.75. The summed E-state index contributed by atoms with van der Waals surface area (Å²) >= 11 is 3.57. The third-order valence-corrected chi connectivity index (χ3v) is 6.07. The topological polar surface area (TPSA) is 58.6 Å². The predicted octanol–water partition coefficient (Wildman–Crippen LogP) is 5.50. The average molecular weight is 518 g/mol. The maximum atomic E-state index is 13.3. The monoisotopic (exact) mass is 516 g/mol. The van der Waals surface area contributed by atoms with Gasteiger partial charge in [0.15, 0.2) is 6.61 Å². The maximum Gasteiger partial charge on any atom is 0.261 e. The van der Waals surface area contributed by atoms with Crippen LogP contribution < -0.4 is 10.1 Å². The molecule has 2 aromatic carbocycles. The van der Waals surface area contributed by atoms with Crippen molar-refractivity contribution in [1.82, 2.24) is 10.2 Å². The van der Waals surface area contributed by atoms with Crippen LogP contribution in [0.3, 0.4) is 0 Å². The summed E-state index contributed by atoms with van der Waals surface area (Å²) in [5.74, 6) is 0.271. The van der Waals surface area contributed by atoms with Crippen LogP contribution in [-0.4, -0.2) is 41.9 Å². The number of carbonyl (C=O) groups excluding carboxylic acids is 2. The van der Waals surface area contributed by atoms with Gasteiger partial charge in [0.25, 0.3) is 5.91 Å². The van der Waals surface area contributed by atoms with Gasteiger partial charge in [-0.05, 0) is 71.3 Å². The van der Waals surface area contributed by atoms with Gasteiger partial charge in [-0.15, -0.1) is 0 Å². The molecule has 0 spiro atoms. The zero-order valence-corrected chi connectivity index (χ0v) is 22.2. The first-order chi connectivity index (χ1) is 15.5. The molecule has 0 aliphatic carbocycles. The van der Waals surface area contributed by atoms with Crippen LogP contribution in [-0.2, 0) is 21.4 Å². The molecule has 180 valence electrons. The van der Waals surface area contributed by atoms with Gasteiger partial charge in [-0.1, -0.05) is 64.1 Å². The summed E-state index contributed by atoms with van der Waals surface area (Å²) in [4.78, 5) is 27.8. The number of nitrogens with zero attached hydrogens (tertiary/aromatic N) is 1. The first kappa shape index (κ1) is 26.9. The fourth-order valence-electron chi connectivity index (χ4n) is 3.58. The normalized spacial score (nSPS) is 12.4. The van der Waals surface area contributed by atoms with Crippen LogP contribution in [0.4, 0.5) is 0 Å². The first-order valence-corrected chi connectivity index (χ1v) is 12.4. The molecule has 0 fully saturated rings. The van der Waals surface area contributed by atoms with Crippen LogP contribution in [0, 0.1) is 0 Å². The smallest absolute Gasteiger partial charge is 0.261 e. The maximum absolute atomic E-state index is 13.3. The Morgan fingerprint density at radius 3 is 2.30 bits per heavy atom. The predicted molar refractivity (Wildman–Crippen MR) is 138 cm³/mol. The number of nitrogens with one attached hydrogen (secondary N) is 1. The Morgan fingerprint density at radius 2 is 1.76 bits per heavy atom. The molecule has 0 heterocycles. The Labute approximate surface area is 207 Å². The summed E-state index contributed by atoms with van der Waals surface area (Å²) in [6.07, 6.45) is 1.20. The fourth-order valence-corrected chi connectivity index (χ4v) is 4.08. The van der Waals surface area contributed by atoms with Crippen LogP contribution in [0.1, 0.15) is 59.1 Å². The summed E-state index contributed by atoms with van der Waals surface area (Å²) in [5, 5.41) is 2.95. The zero-order chi connectivity index (χ0) is 24.6. The van der Waals surface area contributed by atoms with Crippen molar-refractivity contribution in [3.8, 4) is 5.75 Å². The molecule has 33 heavy (non-hydrogen) atoms. The van der Waals surface area contributed by atoms with Crippen molar-refractivity contribution in [2.45, 2.75) is 71.9 Å².